The molecule has 1 aromatic heterocycles. The smallest absolute Gasteiger partial charge is 0.262 e. The van der Waals surface area contributed by atoms with Crippen LogP contribution in [0.5, 0.6) is 0 Å². The lowest BCUT2D eigenvalue weighted by molar-refractivity contribution is -0.121. The van der Waals surface area contributed by atoms with Gasteiger partial charge in [0.2, 0.25) is 11.8 Å². The Morgan fingerprint density at radius 1 is 0.966 bits per heavy atom. The summed E-state index contributed by atoms with van der Waals surface area (Å²) < 4.78 is 19.2. The third kappa shape index (κ3) is 3.62. The molecule has 4 rings (SSSR count). The van der Waals surface area contributed by atoms with Crippen LogP contribution in [-0.4, -0.2) is 45.9 Å². The second kappa shape index (κ2) is 7.63. The average molecular weight is 394 g/mol. The van der Waals surface area contributed by atoms with E-state index < -0.39 is 23.5 Å². The van der Waals surface area contributed by atoms with Gasteiger partial charge in [-0.15, -0.1) is 10.2 Å². The van der Waals surface area contributed by atoms with Gasteiger partial charge in [-0.1, -0.05) is 24.3 Å². The number of carbonyl (C=O) groups excluding carboxylic acids is 3. The van der Waals surface area contributed by atoms with Crippen molar-refractivity contribution in [2.75, 3.05) is 13.1 Å². The Labute approximate surface area is 164 Å². The molecule has 2 heterocycles. The van der Waals surface area contributed by atoms with Crippen LogP contribution in [0.3, 0.4) is 0 Å². The molecule has 0 radical (unpaired) electrons. The minimum atomic E-state index is -0.493. The largest absolute Gasteiger partial charge is 0.421 e. The van der Waals surface area contributed by atoms with E-state index in [-0.39, 0.29) is 48.0 Å². The van der Waals surface area contributed by atoms with E-state index in [0.717, 1.165) is 4.90 Å². The Balaban J connectivity index is 1.31. The number of imide groups is 1. The molecule has 0 bridgehead atoms. The van der Waals surface area contributed by atoms with E-state index in [1.165, 1.54) is 12.1 Å². The summed E-state index contributed by atoms with van der Waals surface area (Å²) in [5.74, 6) is -1.68. The zero-order valence-electron chi connectivity index (χ0n) is 15.1. The summed E-state index contributed by atoms with van der Waals surface area (Å²) in [4.78, 5) is 37.6. The number of rotatable bonds is 6. The molecule has 0 fully saturated rings. The van der Waals surface area contributed by atoms with E-state index in [1.54, 1.807) is 36.4 Å². The summed E-state index contributed by atoms with van der Waals surface area (Å²) in [6, 6.07) is 12.4. The summed E-state index contributed by atoms with van der Waals surface area (Å²) in [5.41, 5.74) is 0.773. The van der Waals surface area contributed by atoms with E-state index in [4.69, 9.17) is 4.42 Å². The molecule has 9 heteroatoms. The van der Waals surface area contributed by atoms with Crippen LogP contribution in [0.2, 0.25) is 0 Å². The minimum Gasteiger partial charge on any atom is -0.421 e. The fourth-order valence-corrected chi connectivity index (χ4v) is 2.99. The Kier molecular flexibility index (Phi) is 4.86. The summed E-state index contributed by atoms with van der Waals surface area (Å²) in [6.07, 6.45) is 0.218. The molecule has 2 aromatic carbocycles. The Morgan fingerprint density at radius 3 is 2.24 bits per heavy atom. The van der Waals surface area contributed by atoms with Gasteiger partial charge in [-0.05, 0) is 24.3 Å². The number of benzene rings is 2. The van der Waals surface area contributed by atoms with Crippen molar-refractivity contribution in [2.24, 2.45) is 0 Å². The highest BCUT2D eigenvalue weighted by Crippen LogP contribution is 2.22. The van der Waals surface area contributed by atoms with Gasteiger partial charge < -0.3 is 9.73 Å². The van der Waals surface area contributed by atoms with Crippen LogP contribution in [0.15, 0.2) is 52.9 Å². The van der Waals surface area contributed by atoms with E-state index in [0.29, 0.717) is 0 Å². The lowest BCUT2D eigenvalue weighted by atomic mass is 10.1. The lowest BCUT2D eigenvalue weighted by Crippen LogP contribution is -2.40. The molecule has 3 amide bonds. The normalized spacial score (nSPS) is 12.9. The number of nitrogens with one attached hydrogen (secondary N) is 1. The number of amides is 3. The second-order valence-electron chi connectivity index (χ2n) is 6.32. The molecule has 1 aliphatic rings. The molecule has 0 aliphatic carbocycles. The van der Waals surface area contributed by atoms with Crippen LogP contribution < -0.4 is 5.32 Å². The van der Waals surface area contributed by atoms with Crippen molar-refractivity contribution in [3.63, 3.8) is 0 Å². The molecule has 0 unspecified atom stereocenters. The molecule has 0 atom stereocenters. The van der Waals surface area contributed by atoms with Crippen LogP contribution >= 0.6 is 0 Å². The maximum Gasteiger partial charge on any atom is 0.262 e. The highest BCUT2D eigenvalue weighted by molar-refractivity contribution is 6.22. The second-order valence-corrected chi connectivity index (χ2v) is 6.32. The first-order chi connectivity index (χ1) is 14.0. The maximum atomic E-state index is 13.8. The number of halogens is 1. The Bertz CT molecular complexity index is 1080. The van der Waals surface area contributed by atoms with Crippen molar-refractivity contribution in [1.29, 1.82) is 0 Å². The van der Waals surface area contributed by atoms with E-state index in [1.807, 2.05) is 0 Å². The number of hydrogen-bond acceptors (Lipinski definition) is 6. The highest BCUT2D eigenvalue weighted by atomic mass is 19.1. The molecule has 0 spiro atoms. The van der Waals surface area contributed by atoms with E-state index >= 15 is 0 Å². The maximum absolute atomic E-state index is 13.8. The number of aromatic nitrogens is 2. The average Bonchev–Trinajstić information content (AvgIpc) is 3.28. The van der Waals surface area contributed by atoms with Gasteiger partial charge in [-0.2, -0.15) is 0 Å². The van der Waals surface area contributed by atoms with E-state index in [2.05, 4.69) is 15.5 Å². The number of carbonyl (C=O) groups is 3. The van der Waals surface area contributed by atoms with Crippen LogP contribution in [0.4, 0.5) is 4.39 Å². The molecular formula is C20H15FN4O4. The number of fused-ring (bicyclic) bond motifs is 1. The summed E-state index contributed by atoms with van der Waals surface area (Å²) >= 11 is 0. The predicted molar refractivity (Wildman–Crippen MR) is 98.2 cm³/mol. The first-order valence-electron chi connectivity index (χ1n) is 8.84. The van der Waals surface area contributed by atoms with Crippen molar-refractivity contribution >= 4 is 17.7 Å². The van der Waals surface area contributed by atoms with Crippen molar-refractivity contribution in [1.82, 2.24) is 20.4 Å². The summed E-state index contributed by atoms with van der Waals surface area (Å²) in [5, 5.41) is 10.2. The van der Waals surface area contributed by atoms with Gasteiger partial charge in [-0.25, -0.2) is 4.39 Å². The minimum absolute atomic E-state index is 0.0513. The molecule has 8 nitrogen and oxygen atoms in total. The third-order valence-corrected chi connectivity index (χ3v) is 4.41. The molecule has 3 aromatic rings. The van der Waals surface area contributed by atoms with Gasteiger partial charge >= 0.3 is 0 Å². The zero-order valence-corrected chi connectivity index (χ0v) is 15.1. The molecule has 0 saturated carbocycles. The van der Waals surface area contributed by atoms with E-state index in [9.17, 15) is 18.8 Å². The lowest BCUT2D eigenvalue weighted by Gasteiger charge is -2.13. The van der Waals surface area contributed by atoms with Gasteiger partial charge in [-0.3, -0.25) is 19.3 Å². The van der Waals surface area contributed by atoms with Crippen LogP contribution in [0.1, 0.15) is 26.6 Å². The molecule has 29 heavy (non-hydrogen) atoms. The topological polar surface area (TPSA) is 105 Å². The molecular weight excluding hydrogens is 379 g/mol. The summed E-state index contributed by atoms with van der Waals surface area (Å²) in [6.45, 7) is -0.225. The number of hydrogen-bond donors (Lipinski definition) is 1. The Hall–Kier alpha value is -3.88. The predicted octanol–water partition coefficient (Wildman–Crippen LogP) is 1.83. The third-order valence-electron chi connectivity index (χ3n) is 4.41. The number of nitrogens with zero attached hydrogens (tertiary/aromatic N) is 3. The van der Waals surface area contributed by atoms with Gasteiger partial charge in [0.1, 0.15) is 12.4 Å². The molecule has 0 saturated heterocycles. The molecule has 1 aliphatic heterocycles. The fourth-order valence-electron chi connectivity index (χ4n) is 2.99. The van der Waals surface area contributed by atoms with Crippen molar-refractivity contribution in [2.45, 2.75) is 6.42 Å². The van der Waals surface area contributed by atoms with Crippen LogP contribution in [0.25, 0.3) is 11.5 Å². The first kappa shape index (κ1) is 18.5. The van der Waals surface area contributed by atoms with Gasteiger partial charge in [0, 0.05) is 13.0 Å². The van der Waals surface area contributed by atoms with Crippen molar-refractivity contribution in [3.8, 4) is 11.5 Å². The molecule has 1 N–H and O–H groups in total. The van der Waals surface area contributed by atoms with Crippen LogP contribution in [-0.2, 0) is 11.2 Å². The summed E-state index contributed by atoms with van der Waals surface area (Å²) in [7, 11) is 0. The van der Waals surface area contributed by atoms with Gasteiger partial charge in [0.15, 0.2) is 0 Å². The fraction of sp³-hybridized carbons (Fsp3) is 0.150. The van der Waals surface area contributed by atoms with Gasteiger partial charge in [0.25, 0.3) is 17.7 Å². The van der Waals surface area contributed by atoms with Crippen molar-refractivity contribution < 1.29 is 23.2 Å². The first-order valence-corrected chi connectivity index (χ1v) is 8.84. The zero-order chi connectivity index (χ0) is 20.4. The Morgan fingerprint density at radius 2 is 1.59 bits per heavy atom. The van der Waals surface area contributed by atoms with Crippen LogP contribution in [0, 0.1) is 5.82 Å². The SMILES string of the molecule is O=C(CN1C(=O)c2ccccc2C1=O)NCCc1nnc(-c2ccccc2F)o1. The van der Waals surface area contributed by atoms with Gasteiger partial charge in [0.05, 0.1) is 16.7 Å². The highest BCUT2D eigenvalue weighted by Gasteiger charge is 2.36. The molecule has 146 valence electrons. The monoisotopic (exact) mass is 394 g/mol. The van der Waals surface area contributed by atoms with Crippen molar-refractivity contribution in [3.05, 3.63) is 71.4 Å². The standard InChI is InChI=1S/C20H15FN4O4/c21-15-8-4-3-7-14(15)18-24-23-17(29-18)9-10-22-16(26)11-25-19(27)12-5-1-2-6-13(12)20(25)28/h1-8H,9-11H2,(H,22,26). The quantitative estimate of drug-likeness (QED) is 0.640.